The first-order chi connectivity index (χ1) is 16.1. The Bertz CT molecular complexity index is 1270. The molecular weight excluding hydrogens is 458 g/mol. The van der Waals surface area contributed by atoms with E-state index in [-0.39, 0.29) is 29.6 Å². The second-order valence-corrected chi connectivity index (χ2v) is 10.7. The highest BCUT2D eigenvalue weighted by atomic mass is 16.6. The van der Waals surface area contributed by atoms with Crippen molar-refractivity contribution in [3.63, 3.8) is 0 Å². The van der Waals surface area contributed by atoms with E-state index in [1.165, 1.54) is 4.57 Å². The van der Waals surface area contributed by atoms with E-state index in [2.05, 4.69) is 15.7 Å². The molecule has 0 unspecified atom stereocenters. The molecule has 4 N–H and O–H groups in total. The van der Waals surface area contributed by atoms with Gasteiger partial charge in [-0.3, -0.25) is 19.5 Å². The molecule has 2 amide bonds. The summed E-state index contributed by atoms with van der Waals surface area (Å²) < 4.78 is 7.45. The molecule has 0 aromatic carbocycles. The fourth-order valence-electron chi connectivity index (χ4n) is 3.37. The fourth-order valence-corrected chi connectivity index (χ4v) is 3.37. The number of aliphatic carboxylic acids is 1. The number of hydrogen-bond acceptors (Lipinski definition) is 7. The first kappa shape index (κ1) is 25.8. The number of carboxylic acids is 1. The van der Waals surface area contributed by atoms with Crippen LogP contribution in [0.5, 0.6) is 5.88 Å². The van der Waals surface area contributed by atoms with Crippen molar-refractivity contribution < 1.29 is 29.3 Å². The Kier molecular flexibility index (Phi) is 6.69. The molecule has 1 aliphatic carbocycles. The molecule has 2 aromatic heterocycles. The van der Waals surface area contributed by atoms with Crippen LogP contribution in [-0.2, 0) is 16.1 Å². The van der Waals surface area contributed by atoms with Crippen LogP contribution in [0.3, 0.4) is 0 Å². The summed E-state index contributed by atoms with van der Waals surface area (Å²) in [6.07, 6.45) is 2.65. The number of nitrogens with zero attached hydrogens (tertiary/aromatic N) is 3. The smallest absolute Gasteiger partial charge is 0.413 e. The minimum atomic E-state index is -1.28. The molecule has 0 radical (unpaired) electrons. The summed E-state index contributed by atoms with van der Waals surface area (Å²) in [6.45, 7) is 10.7. The van der Waals surface area contributed by atoms with Gasteiger partial charge in [0.2, 0.25) is 5.88 Å². The standard InChI is InChI=1S/C23H31N5O7/c1-22(2,3)11-27-18-13(9-10-14(29)30)16(25-21(34)35-23(4,5)6)26-28(18)20(33)15(19(27)32)17(31)24-12-7-8-12/h9-10,12,33H,7-8,11H2,1-6H3,(H,24,31)(H,29,30)(H,25,26,34)/b10-9+. The van der Waals surface area contributed by atoms with Crippen molar-refractivity contribution in [1.29, 1.82) is 0 Å². The summed E-state index contributed by atoms with van der Waals surface area (Å²) in [5.41, 5.74) is -2.49. The van der Waals surface area contributed by atoms with Crippen LogP contribution in [0.4, 0.5) is 10.6 Å². The average Bonchev–Trinajstić information content (AvgIpc) is 3.41. The maximum atomic E-state index is 13.5. The maximum absolute atomic E-state index is 13.5. The average molecular weight is 490 g/mol. The van der Waals surface area contributed by atoms with Crippen molar-refractivity contribution in [1.82, 2.24) is 19.5 Å². The number of aromatic hydroxyl groups is 1. The Balaban J connectivity index is 2.30. The first-order valence-electron chi connectivity index (χ1n) is 11.2. The monoisotopic (exact) mass is 489 g/mol. The van der Waals surface area contributed by atoms with E-state index in [0.29, 0.717) is 0 Å². The summed E-state index contributed by atoms with van der Waals surface area (Å²) in [7, 11) is 0. The van der Waals surface area contributed by atoms with Crippen molar-refractivity contribution in [3.8, 4) is 5.88 Å². The van der Waals surface area contributed by atoms with Gasteiger partial charge in [0, 0.05) is 18.7 Å². The molecule has 0 spiro atoms. The number of hydrogen-bond donors (Lipinski definition) is 4. The number of carboxylic acid groups (broad SMARTS) is 1. The second-order valence-electron chi connectivity index (χ2n) is 10.7. The van der Waals surface area contributed by atoms with E-state index in [4.69, 9.17) is 4.74 Å². The van der Waals surface area contributed by atoms with Crippen LogP contribution in [-0.4, -0.2) is 54.0 Å². The quantitative estimate of drug-likeness (QED) is 0.450. The van der Waals surface area contributed by atoms with Crippen molar-refractivity contribution in [2.75, 3.05) is 5.32 Å². The molecule has 0 atom stereocenters. The Morgan fingerprint density at radius 3 is 2.31 bits per heavy atom. The van der Waals surface area contributed by atoms with Gasteiger partial charge in [-0.2, -0.15) is 4.52 Å². The van der Waals surface area contributed by atoms with Crippen molar-refractivity contribution in [2.24, 2.45) is 5.41 Å². The van der Waals surface area contributed by atoms with Crippen molar-refractivity contribution in [3.05, 3.63) is 27.6 Å². The van der Waals surface area contributed by atoms with Crippen LogP contribution in [0.1, 0.15) is 70.3 Å². The zero-order chi connectivity index (χ0) is 26.3. The molecule has 0 bridgehead atoms. The van der Waals surface area contributed by atoms with Gasteiger partial charge in [-0.05, 0) is 45.1 Å². The maximum Gasteiger partial charge on any atom is 0.413 e. The molecule has 35 heavy (non-hydrogen) atoms. The van der Waals surface area contributed by atoms with E-state index in [1.807, 2.05) is 20.8 Å². The lowest BCUT2D eigenvalue weighted by atomic mass is 9.96. The predicted molar refractivity (Wildman–Crippen MR) is 128 cm³/mol. The number of carbonyl (C=O) groups is 3. The predicted octanol–water partition coefficient (Wildman–Crippen LogP) is 2.58. The van der Waals surface area contributed by atoms with Crippen molar-refractivity contribution >= 4 is 35.5 Å². The Morgan fingerprint density at radius 1 is 1.17 bits per heavy atom. The molecule has 2 aromatic rings. The Hall–Kier alpha value is -3.83. The third-order valence-electron chi connectivity index (χ3n) is 4.82. The lowest BCUT2D eigenvalue weighted by molar-refractivity contribution is -0.131. The topological polar surface area (TPSA) is 164 Å². The third-order valence-corrected chi connectivity index (χ3v) is 4.82. The van der Waals surface area contributed by atoms with Gasteiger partial charge in [0.05, 0.1) is 5.56 Å². The number of carbonyl (C=O) groups excluding carboxylic acids is 2. The second kappa shape index (κ2) is 9.08. The molecule has 1 aliphatic rings. The number of amides is 2. The summed E-state index contributed by atoms with van der Waals surface area (Å²) in [5.74, 6) is -2.90. The molecule has 0 aliphatic heterocycles. The lowest BCUT2D eigenvalue weighted by Crippen LogP contribution is -2.37. The van der Waals surface area contributed by atoms with E-state index in [0.717, 1.165) is 29.5 Å². The number of rotatable bonds is 6. The molecule has 0 saturated heterocycles. The van der Waals surface area contributed by atoms with Gasteiger partial charge in [0.1, 0.15) is 5.60 Å². The minimum Gasteiger partial charge on any atom is -0.492 e. The van der Waals surface area contributed by atoms with Gasteiger partial charge in [-0.25, -0.2) is 9.59 Å². The number of aromatic nitrogens is 3. The number of nitrogens with one attached hydrogen (secondary N) is 2. The zero-order valence-corrected chi connectivity index (χ0v) is 20.6. The Labute approximate surface area is 201 Å². The van der Waals surface area contributed by atoms with Crippen LogP contribution in [0, 0.1) is 5.41 Å². The number of anilines is 1. The Morgan fingerprint density at radius 2 is 1.80 bits per heavy atom. The molecular formula is C23H31N5O7. The van der Waals surface area contributed by atoms with Crippen LogP contribution in [0.2, 0.25) is 0 Å². The summed E-state index contributed by atoms with van der Waals surface area (Å²) in [6, 6.07) is -0.0656. The normalized spacial score (nSPS) is 14.3. The van der Waals surface area contributed by atoms with Gasteiger partial charge < -0.3 is 20.3 Å². The van der Waals surface area contributed by atoms with E-state index >= 15 is 0 Å². The highest BCUT2D eigenvalue weighted by Crippen LogP contribution is 2.29. The van der Waals surface area contributed by atoms with Crippen LogP contribution >= 0.6 is 0 Å². The van der Waals surface area contributed by atoms with Crippen LogP contribution < -0.4 is 16.2 Å². The molecule has 1 fully saturated rings. The van der Waals surface area contributed by atoms with Gasteiger partial charge in [-0.15, -0.1) is 5.10 Å². The molecule has 12 heteroatoms. The number of ether oxygens (including phenoxy) is 1. The van der Waals surface area contributed by atoms with Crippen LogP contribution in [0.25, 0.3) is 11.7 Å². The highest BCUT2D eigenvalue weighted by Gasteiger charge is 2.32. The zero-order valence-electron chi connectivity index (χ0n) is 20.6. The third kappa shape index (κ3) is 6.19. The highest BCUT2D eigenvalue weighted by molar-refractivity contribution is 5.98. The van der Waals surface area contributed by atoms with E-state index in [9.17, 15) is 29.4 Å². The van der Waals surface area contributed by atoms with E-state index < -0.39 is 46.0 Å². The summed E-state index contributed by atoms with van der Waals surface area (Å²) >= 11 is 0. The largest absolute Gasteiger partial charge is 0.492 e. The first-order valence-corrected chi connectivity index (χ1v) is 11.2. The summed E-state index contributed by atoms with van der Waals surface area (Å²) in [5, 5.41) is 29.5. The van der Waals surface area contributed by atoms with Gasteiger partial charge in [-0.1, -0.05) is 20.8 Å². The van der Waals surface area contributed by atoms with E-state index in [1.54, 1.807) is 20.8 Å². The molecule has 1 saturated carbocycles. The lowest BCUT2D eigenvalue weighted by Gasteiger charge is -2.22. The number of fused-ring (bicyclic) bond motifs is 1. The van der Waals surface area contributed by atoms with Crippen LogP contribution in [0.15, 0.2) is 10.9 Å². The molecule has 2 heterocycles. The molecule has 12 nitrogen and oxygen atoms in total. The minimum absolute atomic E-state index is 0.00829. The molecule has 190 valence electrons. The fraction of sp³-hybridized carbons (Fsp3) is 0.522. The van der Waals surface area contributed by atoms with Gasteiger partial charge in [0.25, 0.3) is 11.5 Å². The van der Waals surface area contributed by atoms with Crippen molar-refractivity contribution in [2.45, 2.75) is 72.6 Å². The summed E-state index contributed by atoms with van der Waals surface area (Å²) in [4.78, 5) is 50.0. The molecule has 3 rings (SSSR count). The van der Waals surface area contributed by atoms with Gasteiger partial charge in [0.15, 0.2) is 17.0 Å². The van der Waals surface area contributed by atoms with Gasteiger partial charge >= 0.3 is 12.1 Å². The SMILES string of the molecule is CC(C)(C)Cn1c(=O)c(C(=O)NC2CC2)c(O)n2nc(NC(=O)OC(C)(C)C)c(/C=C/C(=O)O)c12.